The molecule has 4 aromatic rings. The Labute approximate surface area is 216 Å². The number of nitrogens with zero attached hydrogens (tertiary/aromatic N) is 3. The fourth-order valence-corrected chi connectivity index (χ4v) is 4.08. The van der Waals surface area contributed by atoms with Gasteiger partial charge in [0.2, 0.25) is 0 Å². The Morgan fingerprint density at radius 3 is 2.62 bits per heavy atom. The zero-order valence-electron chi connectivity index (χ0n) is 20.8. The van der Waals surface area contributed by atoms with Crippen LogP contribution in [0.1, 0.15) is 27.0 Å². The number of aromatic amines is 1. The molecular weight excluding hydrogens is 466 g/mol. The SMILES string of the molecule is CN(O)C(=O)/C=C/c1ccc(CN(CCNC(=O)c2cccnc2)CCc2c[nH]c3ccccc23)cc1. The summed E-state index contributed by atoms with van der Waals surface area (Å²) < 4.78 is 0. The Balaban J connectivity index is 1.40. The van der Waals surface area contributed by atoms with Crippen molar-refractivity contribution in [3.05, 3.63) is 108 Å². The number of rotatable bonds is 11. The van der Waals surface area contributed by atoms with E-state index in [1.165, 1.54) is 24.1 Å². The number of aromatic nitrogens is 2. The summed E-state index contributed by atoms with van der Waals surface area (Å²) in [6.07, 6.45) is 9.14. The lowest BCUT2D eigenvalue weighted by molar-refractivity contribution is -0.153. The zero-order valence-corrected chi connectivity index (χ0v) is 20.8. The minimum absolute atomic E-state index is 0.135. The largest absolute Gasteiger partial charge is 0.361 e. The molecule has 0 radical (unpaired) electrons. The van der Waals surface area contributed by atoms with Gasteiger partial charge in [-0.05, 0) is 47.4 Å². The van der Waals surface area contributed by atoms with Gasteiger partial charge in [-0.1, -0.05) is 42.5 Å². The van der Waals surface area contributed by atoms with Gasteiger partial charge in [0.1, 0.15) is 0 Å². The second-order valence-corrected chi connectivity index (χ2v) is 8.82. The van der Waals surface area contributed by atoms with Crippen LogP contribution in [0.3, 0.4) is 0 Å². The maximum Gasteiger partial charge on any atom is 0.269 e. The molecule has 4 rings (SSSR count). The third-order valence-corrected chi connectivity index (χ3v) is 6.13. The lowest BCUT2D eigenvalue weighted by atomic mass is 10.1. The minimum Gasteiger partial charge on any atom is -0.361 e. The molecule has 2 aromatic heterocycles. The van der Waals surface area contributed by atoms with E-state index in [2.05, 4.69) is 38.5 Å². The van der Waals surface area contributed by atoms with Crippen LogP contribution in [-0.2, 0) is 17.8 Å². The van der Waals surface area contributed by atoms with Crippen molar-refractivity contribution < 1.29 is 14.8 Å². The van der Waals surface area contributed by atoms with E-state index in [4.69, 9.17) is 0 Å². The Kier molecular flexibility index (Phi) is 8.80. The van der Waals surface area contributed by atoms with Gasteiger partial charge >= 0.3 is 0 Å². The summed E-state index contributed by atoms with van der Waals surface area (Å²) in [6, 6.07) is 19.7. The first kappa shape index (κ1) is 25.8. The van der Waals surface area contributed by atoms with Crippen LogP contribution >= 0.6 is 0 Å². The summed E-state index contributed by atoms with van der Waals surface area (Å²) in [5, 5.41) is 14.0. The van der Waals surface area contributed by atoms with Gasteiger partial charge in [0.05, 0.1) is 5.56 Å². The monoisotopic (exact) mass is 497 g/mol. The fraction of sp³-hybridized carbons (Fsp3) is 0.207. The second kappa shape index (κ2) is 12.6. The van der Waals surface area contributed by atoms with E-state index in [0.29, 0.717) is 30.3 Å². The molecule has 0 fully saturated rings. The number of amides is 2. The van der Waals surface area contributed by atoms with Crippen molar-refractivity contribution in [2.24, 2.45) is 0 Å². The molecule has 0 unspecified atom stereocenters. The number of carbonyl (C=O) groups excluding carboxylic acids is 2. The average molecular weight is 498 g/mol. The molecule has 0 atom stereocenters. The van der Waals surface area contributed by atoms with Crippen LogP contribution in [-0.4, -0.2) is 63.6 Å². The highest BCUT2D eigenvalue weighted by Crippen LogP contribution is 2.19. The number of carbonyl (C=O) groups is 2. The summed E-state index contributed by atoms with van der Waals surface area (Å²) in [5.74, 6) is -0.621. The molecule has 37 heavy (non-hydrogen) atoms. The molecule has 3 N–H and O–H groups in total. The topological polar surface area (TPSA) is 102 Å². The van der Waals surface area contributed by atoms with Crippen molar-refractivity contribution in [3.8, 4) is 0 Å². The molecule has 0 bridgehead atoms. The van der Waals surface area contributed by atoms with Gasteiger partial charge in [0.15, 0.2) is 0 Å². The smallest absolute Gasteiger partial charge is 0.269 e. The van der Waals surface area contributed by atoms with E-state index in [-0.39, 0.29) is 5.91 Å². The highest BCUT2D eigenvalue weighted by molar-refractivity contribution is 5.93. The molecule has 8 nitrogen and oxygen atoms in total. The van der Waals surface area contributed by atoms with Crippen LogP contribution in [0.5, 0.6) is 0 Å². The molecule has 2 heterocycles. The summed E-state index contributed by atoms with van der Waals surface area (Å²) in [4.78, 5) is 33.7. The van der Waals surface area contributed by atoms with E-state index in [9.17, 15) is 14.8 Å². The van der Waals surface area contributed by atoms with Gasteiger partial charge in [0.25, 0.3) is 11.8 Å². The molecule has 0 aliphatic heterocycles. The summed E-state index contributed by atoms with van der Waals surface area (Å²) >= 11 is 0. The van der Waals surface area contributed by atoms with Crippen molar-refractivity contribution in [2.45, 2.75) is 13.0 Å². The molecule has 8 heteroatoms. The summed E-state index contributed by atoms with van der Waals surface area (Å²) in [6.45, 7) is 2.74. The van der Waals surface area contributed by atoms with Crippen LogP contribution in [0.25, 0.3) is 17.0 Å². The van der Waals surface area contributed by atoms with Gasteiger partial charge in [-0.25, -0.2) is 5.06 Å². The van der Waals surface area contributed by atoms with Gasteiger partial charge in [-0.2, -0.15) is 0 Å². The average Bonchev–Trinajstić information content (AvgIpc) is 3.34. The van der Waals surface area contributed by atoms with Crippen LogP contribution in [0.4, 0.5) is 0 Å². The molecular formula is C29H31N5O3. The van der Waals surface area contributed by atoms with Gasteiger partial charge in [-0.15, -0.1) is 0 Å². The predicted molar refractivity (Wildman–Crippen MR) is 144 cm³/mol. The lowest BCUT2D eigenvalue weighted by Gasteiger charge is -2.23. The first-order chi connectivity index (χ1) is 18.0. The van der Waals surface area contributed by atoms with Crippen LogP contribution in [0.15, 0.2) is 85.3 Å². The van der Waals surface area contributed by atoms with Crippen molar-refractivity contribution in [1.29, 1.82) is 0 Å². The standard InChI is InChI=1S/C29H31N5O3/c1-33(37)28(35)13-12-22-8-10-23(11-9-22)21-34(18-16-31-29(36)25-5-4-15-30-19-25)17-14-24-20-32-27-7-3-2-6-26(24)27/h2-13,15,19-20,32,37H,14,16-18,21H2,1H3,(H,31,36)/b13-12+. The fourth-order valence-electron chi connectivity index (χ4n) is 4.08. The molecule has 0 saturated carbocycles. The molecule has 0 aliphatic carbocycles. The Bertz CT molecular complexity index is 1350. The number of benzene rings is 2. The number of hydrogen-bond donors (Lipinski definition) is 3. The molecule has 0 saturated heterocycles. The third-order valence-electron chi connectivity index (χ3n) is 6.13. The third kappa shape index (κ3) is 7.36. The van der Waals surface area contributed by atoms with E-state index < -0.39 is 5.91 Å². The Morgan fingerprint density at radius 1 is 1.05 bits per heavy atom. The van der Waals surface area contributed by atoms with Crippen molar-refractivity contribution in [1.82, 2.24) is 25.2 Å². The Morgan fingerprint density at radius 2 is 1.86 bits per heavy atom. The summed E-state index contributed by atoms with van der Waals surface area (Å²) in [5.41, 5.74) is 4.93. The molecule has 190 valence electrons. The first-order valence-corrected chi connectivity index (χ1v) is 12.2. The molecule has 0 aliphatic rings. The first-order valence-electron chi connectivity index (χ1n) is 12.2. The summed E-state index contributed by atoms with van der Waals surface area (Å²) in [7, 11) is 1.29. The van der Waals surface area contributed by atoms with Crippen LogP contribution in [0.2, 0.25) is 0 Å². The Hall–Kier alpha value is -4.27. The number of hydroxylamine groups is 2. The van der Waals surface area contributed by atoms with Crippen LogP contribution < -0.4 is 5.32 Å². The minimum atomic E-state index is -0.485. The van der Waals surface area contributed by atoms with Crippen molar-refractivity contribution in [2.75, 3.05) is 26.7 Å². The maximum absolute atomic E-state index is 12.4. The highest BCUT2D eigenvalue weighted by Gasteiger charge is 2.11. The normalized spacial score (nSPS) is 11.3. The number of pyridine rings is 1. The maximum atomic E-state index is 12.4. The molecule has 0 spiro atoms. The number of hydrogen-bond acceptors (Lipinski definition) is 5. The second-order valence-electron chi connectivity index (χ2n) is 8.82. The number of fused-ring (bicyclic) bond motifs is 1. The van der Waals surface area contributed by atoms with E-state index in [1.807, 2.05) is 36.4 Å². The molecule has 2 aromatic carbocycles. The number of nitrogens with one attached hydrogen (secondary N) is 2. The van der Waals surface area contributed by atoms with E-state index in [0.717, 1.165) is 29.6 Å². The number of para-hydroxylation sites is 1. The highest BCUT2D eigenvalue weighted by atomic mass is 16.5. The quantitative estimate of drug-likeness (QED) is 0.166. The number of likely N-dealkylation sites (N-methyl/N-ethyl adjacent to an activating group) is 1. The van der Waals surface area contributed by atoms with Gasteiger partial charge in [-0.3, -0.25) is 24.7 Å². The zero-order chi connectivity index (χ0) is 26.0. The van der Waals surface area contributed by atoms with E-state index >= 15 is 0 Å². The molecule has 2 amide bonds. The van der Waals surface area contributed by atoms with Crippen molar-refractivity contribution in [3.63, 3.8) is 0 Å². The van der Waals surface area contributed by atoms with E-state index in [1.54, 1.807) is 30.6 Å². The van der Waals surface area contributed by atoms with Gasteiger partial charge < -0.3 is 10.3 Å². The van der Waals surface area contributed by atoms with Gasteiger partial charge in [0, 0.05) is 68.8 Å². The van der Waals surface area contributed by atoms with Crippen LogP contribution in [0, 0.1) is 0 Å². The van der Waals surface area contributed by atoms with Crippen molar-refractivity contribution >= 4 is 28.8 Å². The lowest BCUT2D eigenvalue weighted by Crippen LogP contribution is -2.35. The predicted octanol–water partition coefficient (Wildman–Crippen LogP) is 3.90. The number of H-pyrrole nitrogens is 1.